The Morgan fingerprint density at radius 1 is 0.727 bits per heavy atom. The SMILES string of the molecule is C[C@H]1N(c2ccccc2)c2ccncc2N1c1ccccc1. The van der Waals surface area contributed by atoms with E-state index in [2.05, 4.69) is 76.3 Å². The number of anilines is 4. The fourth-order valence-corrected chi connectivity index (χ4v) is 3.17. The van der Waals surface area contributed by atoms with Crippen LogP contribution in [-0.2, 0) is 0 Å². The molecule has 4 rings (SSSR count). The molecule has 0 saturated heterocycles. The Morgan fingerprint density at radius 2 is 1.27 bits per heavy atom. The maximum atomic E-state index is 4.33. The summed E-state index contributed by atoms with van der Waals surface area (Å²) in [4.78, 5) is 9.01. The lowest BCUT2D eigenvalue weighted by molar-refractivity contribution is 0.761. The lowest BCUT2D eigenvalue weighted by Gasteiger charge is -2.30. The van der Waals surface area contributed by atoms with Crippen molar-refractivity contribution in [3.8, 4) is 0 Å². The van der Waals surface area contributed by atoms with Crippen molar-refractivity contribution in [2.24, 2.45) is 0 Å². The summed E-state index contributed by atoms with van der Waals surface area (Å²) in [5, 5.41) is 0. The Balaban J connectivity index is 1.87. The number of hydrogen-bond donors (Lipinski definition) is 0. The second-order valence-electron chi connectivity index (χ2n) is 5.41. The number of fused-ring (bicyclic) bond motifs is 1. The Kier molecular flexibility index (Phi) is 3.04. The van der Waals surface area contributed by atoms with E-state index >= 15 is 0 Å². The lowest BCUT2D eigenvalue weighted by atomic mass is 10.2. The average Bonchev–Trinajstić information content (AvgIpc) is 2.88. The molecule has 2 heterocycles. The molecule has 0 unspecified atom stereocenters. The van der Waals surface area contributed by atoms with Crippen molar-refractivity contribution in [1.82, 2.24) is 4.98 Å². The van der Waals surface area contributed by atoms with Crippen molar-refractivity contribution in [2.45, 2.75) is 13.1 Å². The topological polar surface area (TPSA) is 19.4 Å². The van der Waals surface area contributed by atoms with Crippen molar-refractivity contribution in [2.75, 3.05) is 9.80 Å². The molecule has 3 heteroatoms. The second-order valence-corrected chi connectivity index (χ2v) is 5.41. The minimum atomic E-state index is 0.198. The minimum absolute atomic E-state index is 0.198. The summed E-state index contributed by atoms with van der Waals surface area (Å²) in [7, 11) is 0. The van der Waals surface area contributed by atoms with Gasteiger partial charge in [-0.15, -0.1) is 0 Å². The normalized spacial score (nSPS) is 16.7. The van der Waals surface area contributed by atoms with Crippen LogP contribution in [-0.4, -0.2) is 11.1 Å². The summed E-state index contributed by atoms with van der Waals surface area (Å²) in [5.74, 6) is 0. The van der Waals surface area contributed by atoms with E-state index in [9.17, 15) is 0 Å². The molecule has 1 aliphatic rings. The molecule has 22 heavy (non-hydrogen) atoms. The van der Waals surface area contributed by atoms with E-state index in [0.29, 0.717) is 0 Å². The average molecular weight is 287 g/mol. The molecule has 0 aliphatic carbocycles. The Bertz CT molecular complexity index is 704. The van der Waals surface area contributed by atoms with Crippen molar-refractivity contribution in [3.63, 3.8) is 0 Å². The Morgan fingerprint density at radius 3 is 1.86 bits per heavy atom. The lowest BCUT2D eigenvalue weighted by Crippen LogP contribution is -2.35. The van der Waals surface area contributed by atoms with Crippen LogP contribution in [0.15, 0.2) is 79.1 Å². The molecular weight excluding hydrogens is 270 g/mol. The largest absolute Gasteiger partial charge is 0.318 e. The van der Waals surface area contributed by atoms with Gasteiger partial charge in [-0.25, -0.2) is 0 Å². The van der Waals surface area contributed by atoms with Gasteiger partial charge in [-0.3, -0.25) is 4.98 Å². The molecule has 0 fully saturated rings. The molecule has 0 N–H and O–H groups in total. The quantitative estimate of drug-likeness (QED) is 0.680. The molecule has 3 nitrogen and oxygen atoms in total. The monoisotopic (exact) mass is 287 g/mol. The number of pyridine rings is 1. The van der Waals surface area contributed by atoms with Gasteiger partial charge in [0.05, 0.1) is 17.6 Å². The van der Waals surface area contributed by atoms with Crippen LogP contribution >= 0.6 is 0 Å². The van der Waals surface area contributed by atoms with Crippen LogP contribution in [0, 0.1) is 0 Å². The van der Waals surface area contributed by atoms with E-state index in [-0.39, 0.29) is 6.17 Å². The van der Waals surface area contributed by atoms with Gasteiger partial charge in [0.2, 0.25) is 0 Å². The zero-order chi connectivity index (χ0) is 14.9. The maximum Gasteiger partial charge on any atom is 0.108 e. The van der Waals surface area contributed by atoms with Gasteiger partial charge in [0, 0.05) is 17.6 Å². The third-order valence-electron chi connectivity index (χ3n) is 4.11. The summed E-state index contributed by atoms with van der Waals surface area (Å²) in [6.45, 7) is 2.22. The van der Waals surface area contributed by atoms with E-state index < -0.39 is 0 Å². The molecule has 108 valence electrons. The molecule has 0 radical (unpaired) electrons. The van der Waals surface area contributed by atoms with Gasteiger partial charge in [-0.05, 0) is 37.3 Å². The van der Waals surface area contributed by atoms with Crippen LogP contribution in [0.5, 0.6) is 0 Å². The summed E-state index contributed by atoms with van der Waals surface area (Å²) in [6.07, 6.45) is 4.00. The van der Waals surface area contributed by atoms with Crippen molar-refractivity contribution >= 4 is 22.7 Å². The number of benzene rings is 2. The molecule has 1 aliphatic heterocycles. The van der Waals surface area contributed by atoms with Gasteiger partial charge < -0.3 is 9.80 Å². The highest BCUT2D eigenvalue weighted by molar-refractivity contribution is 5.87. The summed E-state index contributed by atoms with van der Waals surface area (Å²) < 4.78 is 0. The van der Waals surface area contributed by atoms with Crippen molar-refractivity contribution in [3.05, 3.63) is 79.1 Å². The first-order valence-electron chi connectivity index (χ1n) is 7.49. The molecule has 1 aromatic heterocycles. The van der Waals surface area contributed by atoms with E-state index in [4.69, 9.17) is 0 Å². The molecule has 0 saturated carbocycles. The maximum absolute atomic E-state index is 4.33. The molecule has 1 atom stereocenters. The highest BCUT2D eigenvalue weighted by atomic mass is 15.4. The summed E-state index contributed by atoms with van der Waals surface area (Å²) in [5.41, 5.74) is 4.71. The van der Waals surface area contributed by atoms with Gasteiger partial charge in [0.15, 0.2) is 0 Å². The predicted molar refractivity (Wildman–Crippen MR) is 90.9 cm³/mol. The smallest absolute Gasteiger partial charge is 0.108 e. The van der Waals surface area contributed by atoms with Crippen molar-refractivity contribution in [1.29, 1.82) is 0 Å². The highest BCUT2D eigenvalue weighted by Gasteiger charge is 2.34. The first-order valence-corrected chi connectivity index (χ1v) is 7.49. The van der Waals surface area contributed by atoms with Crippen LogP contribution in [0.4, 0.5) is 22.7 Å². The van der Waals surface area contributed by atoms with Crippen LogP contribution in [0.25, 0.3) is 0 Å². The zero-order valence-corrected chi connectivity index (χ0v) is 12.4. The molecule has 0 bridgehead atoms. The molecule has 0 amide bonds. The molecule has 3 aromatic rings. The van der Waals surface area contributed by atoms with Gasteiger partial charge >= 0.3 is 0 Å². The van der Waals surface area contributed by atoms with Crippen LogP contribution < -0.4 is 9.80 Å². The van der Waals surface area contributed by atoms with E-state index in [1.165, 1.54) is 17.1 Å². The van der Waals surface area contributed by atoms with Gasteiger partial charge in [0.1, 0.15) is 6.17 Å². The summed E-state index contributed by atoms with van der Waals surface area (Å²) >= 11 is 0. The van der Waals surface area contributed by atoms with Crippen LogP contribution in [0.1, 0.15) is 6.92 Å². The first-order chi connectivity index (χ1) is 10.9. The third kappa shape index (κ3) is 1.94. The Labute approximate surface area is 130 Å². The Hall–Kier alpha value is -2.81. The fourth-order valence-electron chi connectivity index (χ4n) is 3.17. The summed E-state index contributed by atoms with van der Waals surface area (Å²) in [6, 6.07) is 23.1. The standard InChI is InChI=1S/C19H17N3/c1-15-21(16-8-4-2-5-9-16)18-12-13-20-14-19(18)22(15)17-10-6-3-7-11-17/h2-15H,1H3/t15-/m0/s1. The highest BCUT2D eigenvalue weighted by Crippen LogP contribution is 2.46. The van der Waals surface area contributed by atoms with E-state index in [0.717, 1.165) is 5.69 Å². The van der Waals surface area contributed by atoms with Gasteiger partial charge in [-0.2, -0.15) is 0 Å². The van der Waals surface area contributed by atoms with E-state index in [1.807, 2.05) is 24.5 Å². The second kappa shape index (κ2) is 5.19. The third-order valence-corrected chi connectivity index (χ3v) is 4.11. The molecule has 0 spiro atoms. The fraction of sp³-hybridized carbons (Fsp3) is 0.105. The van der Waals surface area contributed by atoms with Crippen LogP contribution in [0.2, 0.25) is 0 Å². The van der Waals surface area contributed by atoms with E-state index in [1.54, 1.807) is 0 Å². The van der Waals surface area contributed by atoms with Crippen molar-refractivity contribution < 1.29 is 0 Å². The number of nitrogens with zero attached hydrogens (tertiary/aromatic N) is 3. The predicted octanol–water partition coefficient (Wildman–Crippen LogP) is 4.72. The molecular formula is C19H17N3. The number of rotatable bonds is 2. The first kappa shape index (κ1) is 12.9. The number of hydrogen-bond acceptors (Lipinski definition) is 3. The number of aromatic nitrogens is 1. The van der Waals surface area contributed by atoms with Gasteiger partial charge in [0.25, 0.3) is 0 Å². The number of para-hydroxylation sites is 2. The van der Waals surface area contributed by atoms with Crippen LogP contribution in [0.3, 0.4) is 0 Å². The van der Waals surface area contributed by atoms with Gasteiger partial charge in [-0.1, -0.05) is 36.4 Å². The molecule has 2 aromatic carbocycles. The minimum Gasteiger partial charge on any atom is -0.318 e. The zero-order valence-electron chi connectivity index (χ0n) is 12.4.